The molecule has 0 spiro atoms. The van der Waals surface area contributed by atoms with Gasteiger partial charge in [0.25, 0.3) is 0 Å². The fraction of sp³-hybridized carbons (Fsp3) is 0.500. The van der Waals surface area contributed by atoms with E-state index in [-0.39, 0.29) is 22.9 Å². The molecule has 2 aliphatic carbocycles. The van der Waals surface area contributed by atoms with E-state index in [9.17, 15) is 15.3 Å². The molecule has 43 heavy (non-hydrogen) atoms. The first kappa shape index (κ1) is 36.3. The first-order valence-electron chi connectivity index (χ1n) is 15.6. The summed E-state index contributed by atoms with van der Waals surface area (Å²) in [6.45, 7) is 20.7. The monoisotopic (exact) mass is 584 g/mol. The third-order valence-corrected chi connectivity index (χ3v) is 8.50. The summed E-state index contributed by atoms with van der Waals surface area (Å²) in [4.78, 5) is 0. The maximum Gasteiger partial charge on any atom is 0.0711 e. The first-order valence-corrected chi connectivity index (χ1v) is 15.6. The zero-order valence-electron chi connectivity index (χ0n) is 28.3. The largest absolute Gasteiger partial charge is 0.393 e. The van der Waals surface area contributed by atoms with E-state index >= 15 is 0 Å². The van der Waals surface area contributed by atoms with Gasteiger partial charge in [-0.3, -0.25) is 0 Å². The normalized spacial score (nSPS) is 29.3. The van der Waals surface area contributed by atoms with Gasteiger partial charge in [0.15, 0.2) is 0 Å². The van der Waals surface area contributed by atoms with Crippen LogP contribution in [0.25, 0.3) is 0 Å². The van der Waals surface area contributed by atoms with E-state index < -0.39 is 11.7 Å². The Hall–Kier alpha value is -2.90. The van der Waals surface area contributed by atoms with Gasteiger partial charge in [-0.15, -0.1) is 0 Å². The summed E-state index contributed by atoms with van der Waals surface area (Å²) in [6, 6.07) is 0. The van der Waals surface area contributed by atoms with Crippen molar-refractivity contribution < 1.29 is 15.3 Å². The minimum absolute atomic E-state index is 0.0137. The molecule has 0 aromatic carbocycles. The maximum atomic E-state index is 10.9. The van der Waals surface area contributed by atoms with Gasteiger partial charge in [-0.25, -0.2) is 0 Å². The zero-order valence-corrected chi connectivity index (χ0v) is 28.3. The molecule has 1 unspecified atom stereocenters. The second kappa shape index (κ2) is 15.7. The molecular formula is C40H56O3. The summed E-state index contributed by atoms with van der Waals surface area (Å²) in [5.74, 6) is 6.65. The molecule has 0 radical (unpaired) electrons. The Labute approximate surface area is 262 Å². The smallest absolute Gasteiger partial charge is 0.0711 e. The highest BCUT2D eigenvalue weighted by Gasteiger charge is 2.47. The van der Waals surface area contributed by atoms with Crippen molar-refractivity contribution in [3.8, 4) is 11.8 Å². The van der Waals surface area contributed by atoms with Gasteiger partial charge in [0, 0.05) is 23.3 Å². The highest BCUT2D eigenvalue weighted by Crippen LogP contribution is 2.47. The van der Waals surface area contributed by atoms with Gasteiger partial charge >= 0.3 is 0 Å². The molecule has 0 aromatic rings. The van der Waals surface area contributed by atoms with E-state index in [1.807, 2.05) is 44.2 Å². The van der Waals surface area contributed by atoms with Gasteiger partial charge < -0.3 is 15.3 Å². The van der Waals surface area contributed by atoms with E-state index in [1.165, 1.54) is 5.57 Å². The third-order valence-electron chi connectivity index (χ3n) is 8.50. The topological polar surface area (TPSA) is 60.7 Å². The lowest BCUT2D eigenvalue weighted by molar-refractivity contribution is -0.111. The molecule has 0 aromatic heterocycles. The van der Waals surface area contributed by atoms with Gasteiger partial charge in [-0.05, 0) is 71.8 Å². The number of allylic oxidation sites excluding steroid dienone is 16. The van der Waals surface area contributed by atoms with Gasteiger partial charge in [0.2, 0.25) is 0 Å². The van der Waals surface area contributed by atoms with Gasteiger partial charge in [0.05, 0.1) is 17.8 Å². The first-order chi connectivity index (χ1) is 19.9. The summed E-state index contributed by atoms with van der Waals surface area (Å²) in [5, 5.41) is 31.1. The van der Waals surface area contributed by atoms with Crippen LogP contribution in [0.4, 0.5) is 0 Å². The van der Waals surface area contributed by atoms with E-state index in [0.29, 0.717) is 19.3 Å². The lowest BCUT2D eigenvalue weighted by Gasteiger charge is -2.48. The molecule has 0 saturated heterocycles. The summed E-state index contributed by atoms with van der Waals surface area (Å²) in [5.41, 5.74) is 5.61. The highest BCUT2D eigenvalue weighted by atomic mass is 16.3. The van der Waals surface area contributed by atoms with Crippen LogP contribution in [0.5, 0.6) is 0 Å². The van der Waals surface area contributed by atoms with Crippen molar-refractivity contribution in [1.82, 2.24) is 0 Å². The molecule has 2 rings (SSSR count). The van der Waals surface area contributed by atoms with Crippen molar-refractivity contribution in [1.29, 1.82) is 0 Å². The predicted molar refractivity (Wildman–Crippen MR) is 184 cm³/mol. The van der Waals surface area contributed by atoms with Gasteiger partial charge in [-0.2, -0.15) is 0 Å². The molecule has 1 saturated carbocycles. The van der Waals surface area contributed by atoms with Crippen molar-refractivity contribution in [2.75, 3.05) is 0 Å². The van der Waals surface area contributed by atoms with E-state index in [2.05, 4.69) is 110 Å². The Kier molecular flexibility index (Phi) is 13.3. The van der Waals surface area contributed by atoms with E-state index in [0.717, 1.165) is 34.3 Å². The van der Waals surface area contributed by atoms with E-state index in [4.69, 9.17) is 0 Å². The average Bonchev–Trinajstić information content (AvgIpc) is 2.83. The highest BCUT2D eigenvalue weighted by molar-refractivity contribution is 5.45. The molecule has 234 valence electrons. The molecule has 0 heterocycles. The number of hydrogen-bond acceptors (Lipinski definition) is 3. The third kappa shape index (κ3) is 12.0. The van der Waals surface area contributed by atoms with Crippen molar-refractivity contribution in [2.24, 2.45) is 16.7 Å². The SMILES string of the molecule is CC1=C(C#C/C(C)=C/C=C/C(C)=C/C=C/C=C(C)/C=C/C=C(C)/C=C/C2C(C)(C)C[C@H](O)C[C@@]2(C)O)C(C)(C)C[C@H](O)C1. The minimum atomic E-state index is -0.914. The Balaban J connectivity index is 1.92. The summed E-state index contributed by atoms with van der Waals surface area (Å²) in [6.07, 6.45) is 26.6. The Morgan fingerprint density at radius 2 is 1.26 bits per heavy atom. The molecule has 1 fully saturated rings. The van der Waals surface area contributed by atoms with Crippen LogP contribution >= 0.6 is 0 Å². The molecule has 0 aliphatic heterocycles. The van der Waals surface area contributed by atoms with Crippen LogP contribution in [0, 0.1) is 28.6 Å². The van der Waals surface area contributed by atoms with Crippen molar-refractivity contribution in [2.45, 2.75) is 113 Å². The molecule has 0 bridgehead atoms. The predicted octanol–water partition coefficient (Wildman–Crippen LogP) is 9.05. The quantitative estimate of drug-likeness (QED) is 0.197. The molecule has 4 atom stereocenters. The number of hydrogen-bond donors (Lipinski definition) is 3. The second-order valence-electron chi connectivity index (χ2n) is 14.3. The van der Waals surface area contributed by atoms with Crippen LogP contribution in [-0.2, 0) is 0 Å². The number of aliphatic hydroxyl groups is 3. The summed E-state index contributed by atoms with van der Waals surface area (Å²) in [7, 11) is 0. The van der Waals surface area contributed by atoms with Gasteiger partial charge in [-0.1, -0.05) is 135 Å². The van der Waals surface area contributed by atoms with Crippen LogP contribution in [0.15, 0.2) is 106 Å². The molecule has 0 amide bonds. The van der Waals surface area contributed by atoms with Crippen LogP contribution in [0.2, 0.25) is 0 Å². The average molecular weight is 585 g/mol. The summed E-state index contributed by atoms with van der Waals surface area (Å²) < 4.78 is 0. The molecule has 3 nitrogen and oxygen atoms in total. The minimum Gasteiger partial charge on any atom is -0.393 e. The standard InChI is InChI=1S/C40H56O3/c1-29(17-13-19-31(3)21-23-36-33(5)25-34(41)26-38(36,6)7)15-11-12-16-30(2)18-14-20-32(4)22-24-37-39(8,9)27-35(42)28-40(37,10)43/h11-20,22,24,34-35,37,41-43H,25-28H2,1-10H3/b12-11+,17-13+,18-14+,24-22+,29-15+,30-16+,31-19+,32-20+/t34-,35+,37?,40-/m1/s1. The zero-order chi connectivity index (χ0) is 32.4. The number of rotatable bonds is 8. The Morgan fingerprint density at radius 3 is 1.81 bits per heavy atom. The summed E-state index contributed by atoms with van der Waals surface area (Å²) >= 11 is 0. The molecule has 3 heteroatoms. The Morgan fingerprint density at radius 1 is 0.721 bits per heavy atom. The molecule has 2 aliphatic rings. The van der Waals surface area contributed by atoms with E-state index in [1.54, 1.807) is 0 Å². The van der Waals surface area contributed by atoms with Crippen LogP contribution < -0.4 is 0 Å². The van der Waals surface area contributed by atoms with Crippen molar-refractivity contribution >= 4 is 0 Å². The fourth-order valence-electron chi connectivity index (χ4n) is 6.52. The fourth-order valence-corrected chi connectivity index (χ4v) is 6.52. The molecular weight excluding hydrogens is 528 g/mol. The van der Waals surface area contributed by atoms with Crippen molar-refractivity contribution in [3.63, 3.8) is 0 Å². The van der Waals surface area contributed by atoms with Crippen LogP contribution in [0.1, 0.15) is 94.9 Å². The maximum absolute atomic E-state index is 10.9. The Bertz CT molecular complexity index is 1300. The van der Waals surface area contributed by atoms with Crippen molar-refractivity contribution in [3.05, 3.63) is 106 Å². The lowest BCUT2D eigenvalue weighted by Crippen LogP contribution is -2.50. The molecule has 3 N–H and O–H groups in total. The van der Waals surface area contributed by atoms with Crippen LogP contribution in [-0.4, -0.2) is 33.1 Å². The van der Waals surface area contributed by atoms with Crippen LogP contribution in [0.3, 0.4) is 0 Å². The lowest BCUT2D eigenvalue weighted by atomic mass is 9.61. The second-order valence-corrected chi connectivity index (χ2v) is 14.3. The number of aliphatic hydroxyl groups excluding tert-OH is 2. The van der Waals surface area contributed by atoms with Gasteiger partial charge in [0.1, 0.15) is 0 Å².